The largest absolute Gasteiger partial charge is 0.240 e. The summed E-state index contributed by atoms with van der Waals surface area (Å²) in [6.07, 6.45) is 6.45. The highest BCUT2D eigenvalue weighted by Crippen LogP contribution is 2.31. The summed E-state index contributed by atoms with van der Waals surface area (Å²) in [5.41, 5.74) is 3.23. The molecule has 0 aliphatic heterocycles. The van der Waals surface area contributed by atoms with Gasteiger partial charge in [-0.05, 0) is 38.1 Å². The third kappa shape index (κ3) is 3.12. The van der Waals surface area contributed by atoms with E-state index >= 15 is 0 Å². The molecule has 0 aromatic heterocycles. The van der Waals surface area contributed by atoms with Crippen molar-refractivity contribution in [3.8, 4) is 0 Å². The number of hydrogen-bond acceptors (Lipinski definition) is 0. The fraction of sp³-hybridized carbons (Fsp3) is 0.778. The molecule has 0 amide bonds. The Balaban J connectivity index is 2.60. The molecule has 0 bridgehead atoms. The van der Waals surface area contributed by atoms with Crippen molar-refractivity contribution in [2.24, 2.45) is 0 Å². The molecular formula is C9H16Cl2Si. The Morgan fingerprint density at radius 1 is 1.17 bits per heavy atom. The maximum absolute atomic E-state index is 5.90. The van der Waals surface area contributed by atoms with E-state index in [0.717, 1.165) is 6.04 Å². The average Bonchev–Trinajstić information content (AvgIpc) is 2.04. The molecule has 0 saturated heterocycles. The van der Waals surface area contributed by atoms with Crippen LogP contribution in [0, 0.1) is 0 Å². The monoisotopic (exact) mass is 222 g/mol. The van der Waals surface area contributed by atoms with Gasteiger partial charge in [0.2, 0.25) is 7.42 Å². The summed E-state index contributed by atoms with van der Waals surface area (Å²) in [5, 5.41) is 0. The summed E-state index contributed by atoms with van der Waals surface area (Å²) in [6, 6.07) is 1.02. The normalized spacial score (nSPS) is 19.0. The molecule has 0 aromatic carbocycles. The Morgan fingerprint density at radius 3 is 2.25 bits per heavy atom. The van der Waals surface area contributed by atoms with E-state index in [1.807, 2.05) is 0 Å². The molecule has 0 saturated carbocycles. The minimum Gasteiger partial charge on any atom is -0.150 e. The van der Waals surface area contributed by atoms with E-state index in [4.69, 9.17) is 22.2 Å². The molecule has 1 rings (SSSR count). The van der Waals surface area contributed by atoms with Crippen LogP contribution in [0.15, 0.2) is 11.1 Å². The van der Waals surface area contributed by atoms with Crippen molar-refractivity contribution in [2.75, 3.05) is 0 Å². The minimum absolute atomic E-state index is 1.02. The molecule has 0 radical (unpaired) electrons. The van der Waals surface area contributed by atoms with Crippen LogP contribution in [0.3, 0.4) is 0 Å². The molecule has 0 heterocycles. The maximum atomic E-state index is 5.90. The standard InChI is InChI=1S/C9H16Cl2Si/c1-2-8-5-3-4-6-9(8)7-12(10)11/h12H,2-7H2,1H3. The second-order valence-corrected chi connectivity index (χ2v) is 8.38. The zero-order valence-electron chi connectivity index (χ0n) is 7.58. The minimum atomic E-state index is -1.41. The Hall–Kier alpha value is 0.537. The Morgan fingerprint density at radius 2 is 1.75 bits per heavy atom. The van der Waals surface area contributed by atoms with Crippen molar-refractivity contribution in [1.29, 1.82) is 0 Å². The van der Waals surface area contributed by atoms with Gasteiger partial charge < -0.3 is 0 Å². The van der Waals surface area contributed by atoms with Gasteiger partial charge in [0.05, 0.1) is 0 Å². The highest BCUT2D eigenvalue weighted by Gasteiger charge is 2.14. The van der Waals surface area contributed by atoms with E-state index in [1.54, 1.807) is 11.1 Å². The lowest BCUT2D eigenvalue weighted by molar-refractivity contribution is 0.655. The van der Waals surface area contributed by atoms with Gasteiger partial charge in [-0.25, -0.2) is 0 Å². The molecule has 0 atom stereocenters. The van der Waals surface area contributed by atoms with Crippen molar-refractivity contribution >= 4 is 29.6 Å². The number of hydrogen-bond donors (Lipinski definition) is 0. The predicted molar refractivity (Wildman–Crippen MR) is 59.4 cm³/mol. The van der Waals surface area contributed by atoms with Crippen LogP contribution in [0.1, 0.15) is 39.0 Å². The van der Waals surface area contributed by atoms with E-state index in [9.17, 15) is 0 Å². The summed E-state index contributed by atoms with van der Waals surface area (Å²) in [7, 11) is -1.41. The summed E-state index contributed by atoms with van der Waals surface area (Å²) >= 11 is 11.8. The first kappa shape index (κ1) is 10.6. The predicted octanol–water partition coefficient (Wildman–Crippen LogP) is 3.97. The van der Waals surface area contributed by atoms with Gasteiger partial charge in [0, 0.05) is 0 Å². The number of allylic oxidation sites excluding steroid dienone is 2. The third-order valence-corrected chi connectivity index (χ3v) is 4.26. The van der Waals surface area contributed by atoms with Crippen LogP contribution in [0.2, 0.25) is 6.04 Å². The second-order valence-electron chi connectivity index (χ2n) is 3.36. The summed E-state index contributed by atoms with van der Waals surface area (Å²) in [6.45, 7) is 2.24. The number of rotatable bonds is 3. The van der Waals surface area contributed by atoms with Crippen LogP contribution in [0.4, 0.5) is 0 Å². The molecule has 12 heavy (non-hydrogen) atoms. The van der Waals surface area contributed by atoms with E-state index in [0.29, 0.717) is 0 Å². The lowest BCUT2D eigenvalue weighted by atomic mass is 9.91. The second kappa shape index (κ2) is 5.31. The zero-order valence-corrected chi connectivity index (χ0v) is 10.2. The van der Waals surface area contributed by atoms with Crippen LogP contribution in [0.5, 0.6) is 0 Å². The van der Waals surface area contributed by atoms with Gasteiger partial charge in [0.25, 0.3) is 0 Å². The average molecular weight is 223 g/mol. The molecule has 70 valence electrons. The van der Waals surface area contributed by atoms with Gasteiger partial charge in [0.1, 0.15) is 0 Å². The van der Waals surface area contributed by atoms with Crippen LogP contribution >= 0.6 is 22.2 Å². The topological polar surface area (TPSA) is 0 Å². The number of halogens is 2. The molecule has 0 aromatic rings. The van der Waals surface area contributed by atoms with Crippen LogP contribution in [-0.4, -0.2) is 7.42 Å². The Labute approximate surface area is 86.0 Å². The van der Waals surface area contributed by atoms with Crippen molar-refractivity contribution in [3.05, 3.63) is 11.1 Å². The molecule has 1 aliphatic carbocycles. The molecule has 0 nitrogen and oxygen atoms in total. The first-order valence-electron chi connectivity index (χ1n) is 4.72. The first-order chi connectivity index (χ1) is 5.74. The molecule has 1 aliphatic rings. The Bertz CT molecular complexity index is 175. The smallest absolute Gasteiger partial charge is 0.150 e. The molecule has 0 unspecified atom stereocenters. The Kier molecular flexibility index (Phi) is 4.69. The van der Waals surface area contributed by atoms with Gasteiger partial charge in [-0.3, -0.25) is 0 Å². The SMILES string of the molecule is CCC1=C(C[SiH](Cl)Cl)CCCC1. The van der Waals surface area contributed by atoms with Crippen molar-refractivity contribution in [1.82, 2.24) is 0 Å². The summed E-state index contributed by atoms with van der Waals surface area (Å²) in [5.74, 6) is 0. The highest BCUT2D eigenvalue weighted by atomic mass is 35.7. The first-order valence-corrected chi connectivity index (χ1v) is 9.02. The lowest BCUT2D eigenvalue weighted by Crippen LogP contribution is -2.03. The highest BCUT2D eigenvalue weighted by molar-refractivity contribution is 7.34. The zero-order chi connectivity index (χ0) is 8.97. The third-order valence-electron chi connectivity index (χ3n) is 2.53. The van der Waals surface area contributed by atoms with E-state index < -0.39 is 7.42 Å². The lowest BCUT2D eigenvalue weighted by Gasteiger charge is -2.19. The van der Waals surface area contributed by atoms with E-state index in [-0.39, 0.29) is 0 Å². The fourth-order valence-corrected chi connectivity index (χ4v) is 3.87. The van der Waals surface area contributed by atoms with Gasteiger partial charge in [0.15, 0.2) is 0 Å². The van der Waals surface area contributed by atoms with Crippen LogP contribution < -0.4 is 0 Å². The van der Waals surface area contributed by atoms with Crippen molar-refractivity contribution in [2.45, 2.75) is 45.1 Å². The molecular weight excluding hydrogens is 207 g/mol. The molecule has 0 fully saturated rings. The fourth-order valence-electron chi connectivity index (χ4n) is 1.89. The summed E-state index contributed by atoms with van der Waals surface area (Å²) in [4.78, 5) is 0. The quantitative estimate of drug-likeness (QED) is 0.386. The van der Waals surface area contributed by atoms with Crippen molar-refractivity contribution < 1.29 is 0 Å². The van der Waals surface area contributed by atoms with E-state index in [2.05, 4.69) is 6.92 Å². The van der Waals surface area contributed by atoms with E-state index in [1.165, 1.54) is 32.1 Å². The van der Waals surface area contributed by atoms with Gasteiger partial charge in [-0.2, -0.15) is 0 Å². The molecule has 0 N–H and O–H groups in total. The maximum Gasteiger partial charge on any atom is 0.240 e. The van der Waals surface area contributed by atoms with Gasteiger partial charge in [-0.15, -0.1) is 22.2 Å². The van der Waals surface area contributed by atoms with Gasteiger partial charge in [-0.1, -0.05) is 18.1 Å². The molecule has 3 heteroatoms. The van der Waals surface area contributed by atoms with Gasteiger partial charge >= 0.3 is 0 Å². The van der Waals surface area contributed by atoms with Crippen LogP contribution in [-0.2, 0) is 0 Å². The summed E-state index contributed by atoms with van der Waals surface area (Å²) < 4.78 is 0. The molecule has 0 spiro atoms. The van der Waals surface area contributed by atoms with Crippen LogP contribution in [0.25, 0.3) is 0 Å². The van der Waals surface area contributed by atoms with Crippen molar-refractivity contribution in [3.63, 3.8) is 0 Å².